The monoisotopic (exact) mass is 183 g/mol. The van der Waals surface area contributed by atoms with Crippen LogP contribution in [0, 0.1) is 0 Å². The Balaban J connectivity index is 2.22. The van der Waals surface area contributed by atoms with Crippen molar-refractivity contribution in [2.45, 2.75) is 12.7 Å². The van der Waals surface area contributed by atoms with Gasteiger partial charge in [-0.15, -0.1) is 0 Å². The van der Waals surface area contributed by atoms with E-state index in [0.717, 1.165) is 5.56 Å². The summed E-state index contributed by atoms with van der Waals surface area (Å²) in [5.41, 5.74) is 0.999. The van der Waals surface area contributed by atoms with E-state index in [2.05, 4.69) is 0 Å². The van der Waals surface area contributed by atoms with E-state index in [1.165, 1.54) is 0 Å². The number of benzene rings is 1. The van der Waals surface area contributed by atoms with Gasteiger partial charge in [0, 0.05) is 0 Å². The molecular weight excluding hydrogens is 168 g/mol. The zero-order valence-electron chi connectivity index (χ0n) is 8.26. The quantitative estimate of drug-likeness (QED) is 0.701. The summed E-state index contributed by atoms with van der Waals surface area (Å²) in [5, 5.41) is 17.7. The van der Waals surface area contributed by atoms with Crippen LogP contribution in [0.5, 0.6) is 0 Å². The lowest BCUT2D eigenvalue weighted by molar-refractivity contribution is 0.0000253. The second-order valence-electron chi connectivity index (χ2n) is 2.72. The van der Waals surface area contributed by atoms with Gasteiger partial charge >= 0.3 is 0 Å². The average Bonchev–Trinajstić information content (AvgIpc) is 2.19. The smallest absolute Gasteiger partial charge is 0.100 e. The van der Waals surface area contributed by atoms with E-state index in [-0.39, 0.29) is 6.61 Å². The fourth-order valence-corrected chi connectivity index (χ4v) is 0.915. The van der Waals surface area contributed by atoms with Crippen LogP contribution >= 0.6 is 0 Å². The second kappa shape index (κ2) is 5.70. The van der Waals surface area contributed by atoms with Crippen LogP contribution in [0.4, 0.5) is 0 Å². The number of hydrogen-bond donors (Lipinski definition) is 2. The molecule has 1 aromatic carbocycles. The maximum absolute atomic E-state index is 9.04. The maximum Gasteiger partial charge on any atom is 0.100 e. The summed E-state index contributed by atoms with van der Waals surface area (Å²) in [6.45, 7) is -1.14. The predicted molar refractivity (Wildman–Crippen MR) is 49.2 cm³/mol. The summed E-state index contributed by atoms with van der Waals surface area (Å²) in [7, 11) is 0. The first-order chi connectivity index (χ1) is 6.70. The van der Waals surface area contributed by atoms with Gasteiger partial charge in [0.15, 0.2) is 0 Å². The van der Waals surface area contributed by atoms with Crippen molar-refractivity contribution in [1.82, 2.24) is 0 Å². The van der Waals surface area contributed by atoms with Crippen molar-refractivity contribution in [1.29, 1.82) is 0 Å². The molecule has 2 N–H and O–H groups in total. The third-order valence-corrected chi connectivity index (χ3v) is 1.57. The molecule has 0 radical (unpaired) electrons. The van der Waals surface area contributed by atoms with Crippen LogP contribution < -0.4 is 0 Å². The van der Waals surface area contributed by atoms with Crippen molar-refractivity contribution in [3.8, 4) is 0 Å². The van der Waals surface area contributed by atoms with Crippen LogP contribution in [-0.2, 0) is 11.3 Å². The summed E-state index contributed by atoms with van der Waals surface area (Å²) in [6.07, 6.45) is -1.14. The Morgan fingerprint density at radius 3 is 2.69 bits per heavy atom. The number of ether oxygens (including phenoxy) is 1. The molecule has 1 rings (SSSR count). The molecule has 3 heteroatoms. The molecular formula is C10H14O3. The molecule has 0 amide bonds. The molecule has 2 atom stereocenters. The summed E-state index contributed by atoms with van der Waals surface area (Å²) < 4.78 is 11.9. The second-order valence-corrected chi connectivity index (χ2v) is 2.72. The highest BCUT2D eigenvalue weighted by Gasteiger charge is 2.00. The Morgan fingerprint density at radius 2 is 2.08 bits per heavy atom. The Bertz CT molecular complexity index is 251. The zero-order chi connectivity index (χ0) is 10.4. The van der Waals surface area contributed by atoms with Crippen molar-refractivity contribution < 1.29 is 16.3 Å². The highest BCUT2D eigenvalue weighted by molar-refractivity contribution is 5.13. The first-order valence-corrected chi connectivity index (χ1v) is 4.10. The molecule has 72 valence electrons. The number of hydrogen-bond acceptors (Lipinski definition) is 3. The van der Waals surface area contributed by atoms with Gasteiger partial charge in [0.1, 0.15) is 6.10 Å². The molecule has 13 heavy (non-hydrogen) atoms. The third-order valence-electron chi connectivity index (χ3n) is 1.57. The van der Waals surface area contributed by atoms with Gasteiger partial charge in [-0.1, -0.05) is 30.3 Å². The van der Waals surface area contributed by atoms with E-state index in [1.54, 1.807) is 0 Å². The Hall–Kier alpha value is -0.900. The van der Waals surface area contributed by atoms with Crippen molar-refractivity contribution in [2.24, 2.45) is 0 Å². The average molecular weight is 183 g/mol. The molecule has 1 aromatic rings. The molecule has 0 heterocycles. The summed E-state index contributed by atoms with van der Waals surface area (Å²) in [5.74, 6) is 0. The van der Waals surface area contributed by atoms with Gasteiger partial charge in [0.25, 0.3) is 0 Å². The molecule has 0 fully saturated rings. The third kappa shape index (κ3) is 4.03. The van der Waals surface area contributed by atoms with Crippen LogP contribution in [0.2, 0.25) is 0 Å². The first-order valence-electron chi connectivity index (χ1n) is 4.68. The van der Waals surface area contributed by atoms with Crippen LogP contribution in [0.15, 0.2) is 30.3 Å². The fourth-order valence-electron chi connectivity index (χ4n) is 0.915. The van der Waals surface area contributed by atoms with Crippen molar-refractivity contribution in [3.63, 3.8) is 0 Å². The van der Waals surface area contributed by atoms with Gasteiger partial charge < -0.3 is 14.9 Å². The molecule has 0 saturated heterocycles. The zero-order valence-corrected chi connectivity index (χ0v) is 7.26. The van der Waals surface area contributed by atoms with Crippen LogP contribution in [0.1, 0.15) is 6.93 Å². The van der Waals surface area contributed by atoms with E-state index in [9.17, 15) is 0 Å². The molecule has 0 bridgehead atoms. The largest absolute Gasteiger partial charge is 0.394 e. The van der Waals surface area contributed by atoms with Crippen LogP contribution in [0.3, 0.4) is 0 Å². The van der Waals surface area contributed by atoms with Gasteiger partial charge in [0.2, 0.25) is 0 Å². The van der Waals surface area contributed by atoms with Crippen molar-refractivity contribution in [2.75, 3.05) is 13.2 Å². The number of aliphatic hydroxyl groups is 2. The summed E-state index contributed by atoms with van der Waals surface area (Å²) in [4.78, 5) is 0. The Labute approximate surface area is 79.0 Å². The molecule has 3 nitrogen and oxygen atoms in total. The topological polar surface area (TPSA) is 49.7 Å². The number of rotatable bonds is 5. The van der Waals surface area contributed by atoms with Gasteiger partial charge in [-0.3, -0.25) is 0 Å². The number of aliphatic hydroxyl groups excluding tert-OH is 2. The highest BCUT2D eigenvalue weighted by Crippen LogP contribution is 2.00. The summed E-state index contributed by atoms with van der Waals surface area (Å²) in [6, 6.07) is 9.52. The minimum absolute atomic E-state index is 0.0282. The minimum atomic E-state index is -1.49. The minimum Gasteiger partial charge on any atom is -0.394 e. The first kappa shape index (κ1) is 8.69. The lowest BCUT2D eigenvalue weighted by Gasteiger charge is -2.07. The standard InChI is InChI=1S/C10H14O3/c11-6-10(12)8-13-7-9-4-2-1-3-5-9/h1-5,10-12H,6-8H2/t10-/m0/s1/i6D/t6-,10-. The highest BCUT2D eigenvalue weighted by atomic mass is 16.5. The molecule has 0 aromatic heterocycles. The Morgan fingerprint density at radius 1 is 1.38 bits per heavy atom. The lowest BCUT2D eigenvalue weighted by atomic mass is 10.2. The van der Waals surface area contributed by atoms with Crippen molar-refractivity contribution >= 4 is 0 Å². The van der Waals surface area contributed by atoms with Gasteiger partial charge in [-0.25, -0.2) is 0 Å². The van der Waals surface area contributed by atoms with E-state index in [4.69, 9.17) is 16.3 Å². The van der Waals surface area contributed by atoms with Crippen LogP contribution in [0.25, 0.3) is 0 Å². The SMILES string of the molecule is [2H][C@H](O)[C@H](O)COCc1ccccc1. The van der Waals surface area contributed by atoms with Gasteiger partial charge in [0.05, 0.1) is 21.2 Å². The Kier molecular flexibility index (Phi) is 3.81. The van der Waals surface area contributed by atoms with E-state index < -0.39 is 12.7 Å². The van der Waals surface area contributed by atoms with E-state index in [1.807, 2.05) is 30.3 Å². The van der Waals surface area contributed by atoms with Crippen LogP contribution in [-0.4, -0.2) is 29.5 Å². The van der Waals surface area contributed by atoms with Gasteiger partial charge in [-0.2, -0.15) is 0 Å². The fraction of sp³-hybridized carbons (Fsp3) is 0.400. The lowest BCUT2D eigenvalue weighted by Crippen LogP contribution is -2.19. The molecule has 0 aliphatic heterocycles. The van der Waals surface area contributed by atoms with E-state index >= 15 is 0 Å². The maximum atomic E-state index is 9.04. The molecule has 0 unspecified atom stereocenters. The summed E-state index contributed by atoms with van der Waals surface area (Å²) >= 11 is 0. The molecule has 0 aliphatic rings. The van der Waals surface area contributed by atoms with Crippen molar-refractivity contribution in [3.05, 3.63) is 35.9 Å². The van der Waals surface area contributed by atoms with E-state index in [0.29, 0.717) is 6.61 Å². The molecule has 0 spiro atoms. The predicted octanol–water partition coefficient (Wildman–Crippen LogP) is 0.556. The molecule has 0 aliphatic carbocycles. The van der Waals surface area contributed by atoms with Gasteiger partial charge in [-0.05, 0) is 5.56 Å². The normalized spacial score (nSPS) is 16.3. The molecule has 0 saturated carbocycles.